The van der Waals surface area contributed by atoms with E-state index in [1.165, 1.54) is 0 Å². The van der Waals surface area contributed by atoms with Crippen molar-refractivity contribution in [2.75, 3.05) is 0 Å². The topological polar surface area (TPSA) is 88.1 Å². The van der Waals surface area contributed by atoms with E-state index in [1.54, 1.807) is 18.6 Å². The van der Waals surface area contributed by atoms with Crippen molar-refractivity contribution < 1.29 is 0 Å². The van der Waals surface area contributed by atoms with Crippen LogP contribution in [0.25, 0.3) is 22.7 Å². The number of aromatic amines is 2. The molecule has 0 aliphatic carbocycles. The largest absolute Gasteiger partial charge is 0.334 e. The molecule has 0 bridgehead atoms. The summed E-state index contributed by atoms with van der Waals surface area (Å²) in [4.78, 5) is 19.7. The van der Waals surface area contributed by atoms with Crippen LogP contribution in [0.4, 0.5) is 0 Å². The number of pyridine rings is 1. The number of H-pyrrole nitrogens is 2. The first kappa shape index (κ1) is 15.8. The van der Waals surface area contributed by atoms with Gasteiger partial charge in [-0.1, -0.05) is 24.9 Å². The van der Waals surface area contributed by atoms with Crippen LogP contribution in [0.15, 0.2) is 30.7 Å². The lowest BCUT2D eigenvalue weighted by molar-refractivity contribution is 0.704. The van der Waals surface area contributed by atoms with Gasteiger partial charge in [-0.15, -0.1) is 0 Å². The quantitative estimate of drug-likeness (QED) is 0.553. The van der Waals surface area contributed by atoms with Crippen molar-refractivity contribution in [3.63, 3.8) is 0 Å². The third-order valence-corrected chi connectivity index (χ3v) is 4.34. The van der Waals surface area contributed by atoms with Crippen molar-refractivity contribution >= 4 is 22.8 Å². The molecule has 8 heteroatoms. The Morgan fingerprint density at radius 3 is 2.80 bits per heavy atom. The minimum absolute atomic E-state index is 0.510. The Morgan fingerprint density at radius 2 is 2.00 bits per heavy atom. The van der Waals surface area contributed by atoms with Gasteiger partial charge in [0.25, 0.3) is 0 Å². The Bertz CT molecular complexity index is 983. The molecule has 0 saturated carbocycles. The van der Waals surface area contributed by atoms with E-state index >= 15 is 0 Å². The zero-order valence-electron chi connectivity index (χ0n) is 13.8. The van der Waals surface area contributed by atoms with Gasteiger partial charge < -0.3 is 9.97 Å². The molecule has 0 aromatic carbocycles. The fourth-order valence-electron chi connectivity index (χ4n) is 2.75. The van der Waals surface area contributed by atoms with Crippen LogP contribution in [0.3, 0.4) is 0 Å². The van der Waals surface area contributed by atoms with Crippen molar-refractivity contribution in [3.05, 3.63) is 47.3 Å². The maximum atomic E-state index is 6.32. The van der Waals surface area contributed by atoms with Crippen LogP contribution in [0, 0.1) is 0 Å². The highest BCUT2D eigenvalue weighted by molar-refractivity contribution is 6.31. The van der Waals surface area contributed by atoms with Gasteiger partial charge in [0.1, 0.15) is 22.2 Å². The number of hydrogen-bond acceptors (Lipinski definition) is 4. The summed E-state index contributed by atoms with van der Waals surface area (Å²) in [5.74, 6) is 1.54. The summed E-state index contributed by atoms with van der Waals surface area (Å²) in [6.07, 6.45) is 8.38. The molecule has 0 aliphatic rings. The lowest BCUT2D eigenvalue weighted by atomic mass is 10.2. The van der Waals surface area contributed by atoms with Crippen molar-refractivity contribution in [2.45, 2.75) is 32.7 Å². The van der Waals surface area contributed by atoms with Gasteiger partial charge in [0.2, 0.25) is 0 Å². The van der Waals surface area contributed by atoms with E-state index in [2.05, 4.69) is 36.9 Å². The molecule has 4 heterocycles. The first-order valence-corrected chi connectivity index (χ1v) is 8.67. The van der Waals surface area contributed by atoms with Crippen molar-refractivity contribution in [2.24, 2.45) is 0 Å². The number of nitrogens with one attached hydrogen (secondary N) is 2. The summed E-state index contributed by atoms with van der Waals surface area (Å²) >= 11 is 6.32. The average Bonchev–Trinajstić information content (AvgIpc) is 3.29. The molecule has 4 aromatic rings. The third kappa shape index (κ3) is 3.15. The Balaban J connectivity index is 1.65. The Labute approximate surface area is 149 Å². The van der Waals surface area contributed by atoms with E-state index in [-0.39, 0.29) is 0 Å². The number of halogens is 1. The first-order valence-electron chi connectivity index (χ1n) is 8.29. The predicted molar refractivity (Wildman–Crippen MR) is 96.4 cm³/mol. The van der Waals surface area contributed by atoms with Crippen LogP contribution < -0.4 is 0 Å². The van der Waals surface area contributed by atoms with Crippen molar-refractivity contribution in [3.8, 4) is 11.5 Å². The summed E-state index contributed by atoms with van der Waals surface area (Å²) < 4.78 is 1.85. The molecule has 0 spiro atoms. The molecule has 0 saturated heterocycles. The van der Waals surface area contributed by atoms with Crippen LogP contribution in [0.1, 0.15) is 31.2 Å². The molecule has 0 amide bonds. The lowest BCUT2D eigenvalue weighted by Gasteiger charge is -2.01. The van der Waals surface area contributed by atoms with Gasteiger partial charge in [0.15, 0.2) is 11.5 Å². The number of aromatic nitrogens is 7. The Kier molecular flexibility index (Phi) is 4.23. The van der Waals surface area contributed by atoms with E-state index in [9.17, 15) is 0 Å². The van der Waals surface area contributed by atoms with Crippen LogP contribution in [-0.4, -0.2) is 34.7 Å². The van der Waals surface area contributed by atoms with E-state index in [0.29, 0.717) is 23.2 Å². The number of aryl methyl sites for hydroxylation is 1. The average molecular weight is 356 g/mol. The Morgan fingerprint density at radius 1 is 1.16 bits per heavy atom. The molecular weight excluding hydrogens is 338 g/mol. The molecule has 2 N–H and O–H groups in total. The number of fused-ring (bicyclic) bond motifs is 1. The number of rotatable bonds is 6. The van der Waals surface area contributed by atoms with Gasteiger partial charge >= 0.3 is 0 Å². The summed E-state index contributed by atoms with van der Waals surface area (Å²) in [6.45, 7) is 2.78. The van der Waals surface area contributed by atoms with Crippen LogP contribution >= 0.6 is 11.6 Å². The second-order valence-corrected chi connectivity index (χ2v) is 6.31. The normalized spacial score (nSPS) is 11.4. The van der Waals surface area contributed by atoms with E-state index < -0.39 is 0 Å². The van der Waals surface area contributed by atoms with Gasteiger partial charge in [-0.3, -0.25) is 4.98 Å². The van der Waals surface area contributed by atoms with Gasteiger partial charge in [0, 0.05) is 18.8 Å². The van der Waals surface area contributed by atoms with E-state index in [0.717, 1.165) is 41.8 Å². The first-order chi connectivity index (χ1) is 12.2. The van der Waals surface area contributed by atoms with E-state index in [1.807, 2.05) is 16.8 Å². The molecule has 0 atom stereocenters. The summed E-state index contributed by atoms with van der Waals surface area (Å²) in [6, 6.07) is 3.93. The molecule has 0 radical (unpaired) electrons. The molecular formula is C17H18ClN7. The molecule has 0 unspecified atom stereocenters. The summed E-state index contributed by atoms with van der Waals surface area (Å²) in [7, 11) is 0. The van der Waals surface area contributed by atoms with Gasteiger partial charge in [0.05, 0.1) is 12.7 Å². The molecule has 4 rings (SSSR count). The Hall–Kier alpha value is -2.67. The van der Waals surface area contributed by atoms with Gasteiger partial charge in [-0.2, -0.15) is 5.10 Å². The SMILES string of the molecule is CCCCc1nc(-c2nc3c(cnn3Cc3ccncc3)[nH]2)c(Cl)[nH]1. The summed E-state index contributed by atoms with van der Waals surface area (Å²) in [5.41, 5.74) is 3.41. The molecule has 25 heavy (non-hydrogen) atoms. The summed E-state index contributed by atoms with van der Waals surface area (Å²) in [5, 5.41) is 4.91. The number of nitrogens with zero attached hydrogens (tertiary/aromatic N) is 5. The van der Waals surface area contributed by atoms with Crippen LogP contribution in [0.5, 0.6) is 0 Å². The molecule has 7 nitrogen and oxygen atoms in total. The number of imidazole rings is 2. The molecule has 0 fully saturated rings. The minimum atomic E-state index is 0.510. The maximum absolute atomic E-state index is 6.32. The fraction of sp³-hybridized carbons (Fsp3) is 0.294. The highest BCUT2D eigenvalue weighted by Crippen LogP contribution is 2.26. The molecule has 4 aromatic heterocycles. The maximum Gasteiger partial charge on any atom is 0.177 e. The fourth-order valence-corrected chi connectivity index (χ4v) is 2.99. The second kappa shape index (κ2) is 6.68. The predicted octanol–water partition coefficient (Wildman–Crippen LogP) is 3.59. The third-order valence-electron chi connectivity index (χ3n) is 4.06. The smallest absolute Gasteiger partial charge is 0.177 e. The highest BCUT2D eigenvalue weighted by Gasteiger charge is 2.16. The second-order valence-electron chi connectivity index (χ2n) is 5.93. The highest BCUT2D eigenvalue weighted by atomic mass is 35.5. The van der Waals surface area contributed by atoms with Crippen molar-refractivity contribution in [1.82, 2.24) is 34.7 Å². The zero-order chi connectivity index (χ0) is 17.2. The zero-order valence-corrected chi connectivity index (χ0v) is 14.6. The number of hydrogen-bond donors (Lipinski definition) is 2. The van der Waals surface area contributed by atoms with Crippen LogP contribution in [-0.2, 0) is 13.0 Å². The standard InChI is InChI=1S/C17H18ClN7/c1-2-3-4-13-22-14(15(18)23-13)16-21-12-9-20-25(17(12)24-16)10-11-5-7-19-8-6-11/h5-9H,2-4,10H2,1H3,(H,21,24)(H,22,23). The molecule has 0 aliphatic heterocycles. The lowest BCUT2D eigenvalue weighted by Crippen LogP contribution is -2.01. The van der Waals surface area contributed by atoms with Gasteiger partial charge in [-0.05, 0) is 24.1 Å². The van der Waals surface area contributed by atoms with E-state index in [4.69, 9.17) is 11.6 Å². The van der Waals surface area contributed by atoms with Crippen molar-refractivity contribution in [1.29, 1.82) is 0 Å². The van der Waals surface area contributed by atoms with Gasteiger partial charge in [-0.25, -0.2) is 14.6 Å². The van der Waals surface area contributed by atoms with Crippen LogP contribution in [0.2, 0.25) is 5.15 Å². The monoisotopic (exact) mass is 355 g/mol. The number of unbranched alkanes of at least 4 members (excludes halogenated alkanes) is 1. The minimum Gasteiger partial charge on any atom is -0.334 e. The molecule has 128 valence electrons.